The zero-order valence-electron chi connectivity index (χ0n) is 11.9. The summed E-state index contributed by atoms with van der Waals surface area (Å²) in [7, 11) is 0. The Balaban J connectivity index is 2.16. The van der Waals surface area contributed by atoms with E-state index in [4.69, 9.17) is 0 Å². The van der Waals surface area contributed by atoms with Crippen molar-refractivity contribution in [1.82, 2.24) is 5.32 Å². The summed E-state index contributed by atoms with van der Waals surface area (Å²) >= 11 is 0. The van der Waals surface area contributed by atoms with Crippen LogP contribution in [-0.4, -0.2) is 18.4 Å². The highest BCUT2D eigenvalue weighted by Gasteiger charge is 2.53. The van der Waals surface area contributed by atoms with Crippen molar-refractivity contribution in [3.8, 4) is 0 Å². The molecule has 0 radical (unpaired) electrons. The van der Waals surface area contributed by atoms with E-state index >= 15 is 0 Å². The first kappa shape index (κ1) is 13.2. The Morgan fingerprint density at radius 2 is 2.00 bits per heavy atom. The van der Waals surface area contributed by atoms with Crippen LogP contribution < -0.4 is 10.6 Å². The highest BCUT2D eigenvalue weighted by atomic mass is 16.2. The Labute approximate surface area is 118 Å². The minimum Gasteiger partial charge on any atom is -0.356 e. The quantitative estimate of drug-likeness (QED) is 0.822. The van der Waals surface area contributed by atoms with Gasteiger partial charge in [0.1, 0.15) is 0 Å². The predicted molar refractivity (Wildman–Crippen MR) is 77.3 cm³/mol. The maximum Gasteiger partial charge on any atom is 0.235 e. The lowest BCUT2D eigenvalue weighted by Gasteiger charge is -2.36. The lowest BCUT2D eigenvalue weighted by molar-refractivity contribution is -0.125. The van der Waals surface area contributed by atoms with E-state index in [0.717, 1.165) is 11.3 Å². The summed E-state index contributed by atoms with van der Waals surface area (Å²) in [5.41, 5.74) is 1.39. The van der Waals surface area contributed by atoms with E-state index in [9.17, 15) is 9.59 Å². The molecule has 1 aromatic rings. The summed E-state index contributed by atoms with van der Waals surface area (Å²) in [6, 6.07) is 7.87. The molecule has 1 spiro atoms. The summed E-state index contributed by atoms with van der Waals surface area (Å²) in [5.74, 6) is 0.413. The molecule has 2 aliphatic rings. The minimum absolute atomic E-state index is 0.0358. The Kier molecular flexibility index (Phi) is 3.04. The first-order valence-corrected chi connectivity index (χ1v) is 7.23. The van der Waals surface area contributed by atoms with Crippen molar-refractivity contribution in [3.63, 3.8) is 0 Å². The van der Waals surface area contributed by atoms with Crippen molar-refractivity contribution in [1.29, 1.82) is 0 Å². The Hall–Kier alpha value is -1.84. The average molecular weight is 272 g/mol. The molecule has 1 aromatic carbocycles. The van der Waals surface area contributed by atoms with Gasteiger partial charge in [-0.15, -0.1) is 0 Å². The van der Waals surface area contributed by atoms with E-state index in [1.165, 1.54) is 0 Å². The third-order valence-electron chi connectivity index (χ3n) is 4.75. The monoisotopic (exact) mass is 272 g/mol. The fourth-order valence-corrected chi connectivity index (χ4v) is 3.79. The number of amides is 2. The summed E-state index contributed by atoms with van der Waals surface area (Å²) in [5, 5.41) is 5.92. The van der Waals surface area contributed by atoms with E-state index in [2.05, 4.69) is 24.5 Å². The fraction of sp³-hybridized carbons (Fsp3) is 0.500. The normalized spacial score (nSPS) is 29.1. The summed E-state index contributed by atoms with van der Waals surface area (Å²) in [6.45, 7) is 4.75. The molecule has 20 heavy (non-hydrogen) atoms. The largest absolute Gasteiger partial charge is 0.356 e. The number of benzene rings is 1. The van der Waals surface area contributed by atoms with Crippen molar-refractivity contribution in [2.24, 2.45) is 11.8 Å². The number of hydrogen-bond donors (Lipinski definition) is 2. The molecule has 2 unspecified atom stereocenters. The van der Waals surface area contributed by atoms with Crippen LogP contribution in [0, 0.1) is 11.8 Å². The van der Waals surface area contributed by atoms with E-state index in [-0.39, 0.29) is 23.7 Å². The van der Waals surface area contributed by atoms with Crippen molar-refractivity contribution in [2.75, 3.05) is 11.9 Å². The molecule has 3 rings (SSSR count). The number of rotatable bonds is 1. The van der Waals surface area contributed by atoms with Gasteiger partial charge in [0.15, 0.2) is 0 Å². The number of para-hydroxylation sites is 1. The zero-order chi connectivity index (χ0) is 14.3. The summed E-state index contributed by atoms with van der Waals surface area (Å²) in [6.07, 6.45) is 1.09. The predicted octanol–water partition coefficient (Wildman–Crippen LogP) is 2.06. The SMILES string of the molecule is CC(C)C1CC(=O)NCCC12C(=O)Nc1ccccc12. The van der Waals surface area contributed by atoms with Gasteiger partial charge in [0.2, 0.25) is 11.8 Å². The molecule has 2 N–H and O–H groups in total. The zero-order valence-corrected chi connectivity index (χ0v) is 11.9. The van der Waals surface area contributed by atoms with Crippen LogP contribution in [-0.2, 0) is 15.0 Å². The van der Waals surface area contributed by atoms with Crippen LogP contribution in [0.4, 0.5) is 5.69 Å². The summed E-state index contributed by atoms with van der Waals surface area (Å²) < 4.78 is 0. The third-order valence-corrected chi connectivity index (χ3v) is 4.75. The second-order valence-electron chi connectivity index (χ2n) is 6.13. The highest BCUT2D eigenvalue weighted by molar-refractivity contribution is 6.07. The second-order valence-corrected chi connectivity index (χ2v) is 6.13. The van der Waals surface area contributed by atoms with Crippen LogP contribution in [0.3, 0.4) is 0 Å². The molecule has 0 aliphatic carbocycles. The molecule has 0 aromatic heterocycles. The topological polar surface area (TPSA) is 58.2 Å². The number of fused-ring (bicyclic) bond motifs is 2. The van der Waals surface area contributed by atoms with Crippen LogP contribution in [0.1, 0.15) is 32.3 Å². The maximum absolute atomic E-state index is 12.7. The number of carbonyl (C=O) groups excluding carboxylic acids is 2. The molecule has 2 aliphatic heterocycles. The average Bonchev–Trinajstić information content (AvgIpc) is 2.56. The van der Waals surface area contributed by atoms with Gasteiger partial charge < -0.3 is 10.6 Å². The fourth-order valence-electron chi connectivity index (χ4n) is 3.79. The number of nitrogens with one attached hydrogen (secondary N) is 2. The third kappa shape index (κ3) is 1.74. The number of anilines is 1. The molecule has 1 fully saturated rings. The highest BCUT2D eigenvalue weighted by Crippen LogP contribution is 2.49. The molecule has 0 bridgehead atoms. The van der Waals surface area contributed by atoms with E-state index in [1.54, 1.807) is 0 Å². The second kappa shape index (κ2) is 4.62. The first-order valence-electron chi connectivity index (χ1n) is 7.23. The molecule has 4 heteroatoms. The Morgan fingerprint density at radius 3 is 2.75 bits per heavy atom. The minimum atomic E-state index is -0.566. The van der Waals surface area contributed by atoms with Gasteiger partial charge in [0.25, 0.3) is 0 Å². The number of carbonyl (C=O) groups is 2. The van der Waals surface area contributed by atoms with E-state index in [1.807, 2.05) is 24.3 Å². The lowest BCUT2D eigenvalue weighted by atomic mass is 9.64. The van der Waals surface area contributed by atoms with E-state index in [0.29, 0.717) is 19.4 Å². The molecule has 2 heterocycles. The van der Waals surface area contributed by atoms with Crippen LogP contribution in [0.5, 0.6) is 0 Å². The molecule has 106 valence electrons. The smallest absolute Gasteiger partial charge is 0.235 e. The molecule has 2 atom stereocenters. The van der Waals surface area contributed by atoms with Gasteiger partial charge in [-0.2, -0.15) is 0 Å². The molecular weight excluding hydrogens is 252 g/mol. The van der Waals surface area contributed by atoms with Gasteiger partial charge in [0, 0.05) is 18.7 Å². The molecular formula is C16H20N2O2. The molecule has 2 amide bonds. The summed E-state index contributed by atoms with van der Waals surface area (Å²) in [4.78, 5) is 24.6. The van der Waals surface area contributed by atoms with Gasteiger partial charge in [-0.25, -0.2) is 0 Å². The van der Waals surface area contributed by atoms with Crippen molar-refractivity contribution < 1.29 is 9.59 Å². The van der Waals surface area contributed by atoms with Crippen molar-refractivity contribution in [3.05, 3.63) is 29.8 Å². The van der Waals surface area contributed by atoms with Gasteiger partial charge >= 0.3 is 0 Å². The van der Waals surface area contributed by atoms with Crippen LogP contribution >= 0.6 is 0 Å². The Morgan fingerprint density at radius 1 is 1.25 bits per heavy atom. The van der Waals surface area contributed by atoms with Crippen molar-refractivity contribution in [2.45, 2.75) is 32.1 Å². The van der Waals surface area contributed by atoms with Gasteiger partial charge in [-0.3, -0.25) is 9.59 Å². The lowest BCUT2D eigenvalue weighted by Crippen LogP contribution is -2.44. The van der Waals surface area contributed by atoms with Crippen LogP contribution in [0.25, 0.3) is 0 Å². The maximum atomic E-state index is 12.7. The van der Waals surface area contributed by atoms with Crippen LogP contribution in [0.15, 0.2) is 24.3 Å². The van der Waals surface area contributed by atoms with Gasteiger partial charge in [-0.1, -0.05) is 32.0 Å². The molecule has 0 saturated carbocycles. The van der Waals surface area contributed by atoms with Crippen molar-refractivity contribution >= 4 is 17.5 Å². The standard InChI is InChI=1S/C16H20N2O2/c1-10(2)12-9-14(19)17-8-7-16(12)11-5-3-4-6-13(11)18-15(16)20/h3-6,10,12H,7-9H2,1-2H3,(H,17,19)(H,18,20). The van der Waals surface area contributed by atoms with Gasteiger partial charge in [-0.05, 0) is 29.9 Å². The van der Waals surface area contributed by atoms with Crippen LogP contribution in [0.2, 0.25) is 0 Å². The Bertz CT molecular complexity index is 567. The van der Waals surface area contributed by atoms with Gasteiger partial charge in [0.05, 0.1) is 5.41 Å². The first-order chi connectivity index (χ1) is 9.55. The van der Waals surface area contributed by atoms with E-state index < -0.39 is 5.41 Å². The molecule has 1 saturated heterocycles. The molecule has 4 nitrogen and oxygen atoms in total. The number of hydrogen-bond acceptors (Lipinski definition) is 2.